The van der Waals surface area contributed by atoms with Crippen molar-refractivity contribution in [2.75, 3.05) is 6.61 Å². The van der Waals surface area contributed by atoms with Crippen molar-refractivity contribution in [2.24, 2.45) is 5.41 Å². The average Bonchev–Trinajstić information content (AvgIpc) is 3.07. The van der Waals surface area contributed by atoms with Crippen molar-refractivity contribution in [3.8, 4) is 0 Å². The van der Waals surface area contributed by atoms with Crippen LogP contribution in [0.15, 0.2) is 5.38 Å². The molecule has 1 aromatic heterocycles. The molecule has 20 heavy (non-hydrogen) atoms. The lowest BCUT2D eigenvalue weighted by Crippen LogP contribution is -2.63. The molecule has 2 aliphatic rings. The summed E-state index contributed by atoms with van der Waals surface area (Å²) >= 11 is 1.77. The Morgan fingerprint density at radius 2 is 2.25 bits per heavy atom. The van der Waals surface area contributed by atoms with Crippen LogP contribution in [0, 0.1) is 12.3 Å². The molecule has 3 atom stereocenters. The predicted octanol–water partition coefficient (Wildman–Crippen LogP) is 3.84. The summed E-state index contributed by atoms with van der Waals surface area (Å²) in [5, 5.41) is 7.19. The number of nitrogens with zero attached hydrogens (tertiary/aromatic N) is 1. The second kappa shape index (κ2) is 5.74. The van der Waals surface area contributed by atoms with E-state index in [0.29, 0.717) is 23.6 Å². The van der Waals surface area contributed by atoms with Gasteiger partial charge >= 0.3 is 0 Å². The Hall–Kier alpha value is -0.450. The lowest BCUT2D eigenvalue weighted by molar-refractivity contribution is -0.132. The van der Waals surface area contributed by atoms with E-state index in [0.717, 1.165) is 12.3 Å². The summed E-state index contributed by atoms with van der Waals surface area (Å²) in [7, 11) is 0. The third-order valence-electron chi connectivity index (χ3n) is 5.15. The molecular weight excluding hydrogens is 268 g/mol. The zero-order valence-corrected chi connectivity index (χ0v) is 13.6. The molecule has 2 fully saturated rings. The van der Waals surface area contributed by atoms with Gasteiger partial charge in [-0.15, -0.1) is 11.3 Å². The molecule has 3 unspecified atom stereocenters. The Kier molecular flexibility index (Phi) is 4.16. The van der Waals surface area contributed by atoms with Gasteiger partial charge < -0.3 is 10.1 Å². The fourth-order valence-electron chi connectivity index (χ4n) is 4.06. The molecule has 0 radical (unpaired) electrons. The highest BCUT2D eigenvalue weighted by atomic mass is 32.1. The second-order valence-electron chi connectivity index (χ2n) is 6.39. The summed E-state index contributed by atoms with van der Waals surface area (Å²) in [6, 6.07) is 0.972. The van der Waals surface area contributed by atoms with Gasteiger partial charge in [0.2, 0.25) is 0 Å². The first-order chi connectivity index (χ1) is 9.65. The van der Waals surface area contributed by atoms with Crippen LogP contribution in [0.4, 0.5) is 0 Å². The standard InChI is InChI=1S/C16H26N2OS/c1-4-19-14-9-13(16(14)7-5-6-8-16)18-12(3)15-17-11(2)10-20-15/h10,12-14,18H,4-9H2,1-3H3. The van der Waals surface area contributed by atoms with E-state index in [1.54, 1.807) is 11.3 Å². The number of hydrogen-bond donors (Lipinski definition) is 1. The summed E-state index contributed by atoms with van der Waals surface area (Å²) in [5.74, 6) is 0. The number of aromatic nitrogens is 1. The lowest BCUT2D eigenvalue weighted by atomic mass is 9.60. The molecule has 0 amide bonds. The van der Waals surface area contributed by atoms with E-state index in [1.165, 1.54) is 37.1 Å². The maximum atomic E-state index is 5.98. The molecule has 0 aromatic carbocycles. The molecule has 2 aliphatic carbocycles. The number of nitrogens with one attached hydrogen (secondary N) is 1. The minimum absolute atomic E-state index is 0.360. The summed E-state index contributed by atoms with van der Waals surface area (Å²) in [5.41, 5.74) is 1.55. The largest absolute Gasteiger partial charge is 0.378 e. The first-order valence-corrected chi connectivity index (χ1v) is 8.83. The molecule has 1 heterocycles. The molecule has 0 bridgehead atoms. The summed E-state index contributed by atoms with van der Waals surface area (Å²) in [6.45, 7) is 7.28. The molecule has 4 heteroatoms. The lowest BCUT2D eigenvalue weighted by Gasteiger charge is -2.55. The van der Waals surface area contributed by atoms with E-state index in [2.05, 4.69) is 36.5 Å². The molecule has 0 aliphatic heterocycles. The van der Waals surface area contributed by atoms with Crippen LogP contribution >= 0.6 is 11.3 Å². The normalized spacial score (nSPS) is 29.6. The van der Waals surface area contributed by atoms with E-state index < -0.39 is 0 Å². The fraction of sp³-hybridized carbons (Fsp3) is 0.812. The summed E-state index contributed by atoms with van der Waals surface area (Å²) in [6.07, 6.45) is 7.05. The van der Waals surface area contributed by atoms with E-state index in [-0.39, 0.29) is 0 Å². The highest BCUT2D eigenvalue weighted by Gasteiger charge is 2.56. The SMILES string of the molecule is CCOC1CC(NC(C)c2nc(C)cs2)C12CCCC2. The highest BCUT2D eigenvalue weighted by molar-refractivity contribution is 7.09. The third kappa shape index (κ3) is 2.42. The van der Waals surface area contributed by atoms with Crippen LogP contribution in [0.5, 0.6) is 0 Å². The number of rotatable bonds is 5. The topological polar surface area (TPSA) is 34.1 Å². The van der Waals surface area contributed by atoms with E-state index in [1.807, 2.05) is 0 Å². The van der Waals surface area contributed by atoms with Gasteiger partial charge in [0.05, 0.1) is 12.1 Å². The van der Waals surface area contributed by atoms with Gasteiger partial charge in [0.15, 0.2) is 0 Å². The van der Waals surface area contributed by atoms with Gasteiger partial charge in [0.25, 0.3) is 0 Å². The Labute approximate surface area is 126 Å². The van der Waals surface area contributed by atoms with Gasteiger partial charge in [0.1, 0.15) is 5.01 Å². The molecule has 1 spiro atoms. The van der Waals surface area contributed by atoms with Crippen molar-refractivity contribution in [1.29, 1.82) is 0 Å². The van der Waals surface area contributed by atoms with E-state index >= 15 is 0 Å². The van der Waals surface area contributed by atoms with Crippen LogP contribution in [0.1, 0.15) is 62.7 Å². The molecule has 2 saturated carbocycles. The van der Waals surface area contributed by atoms with E-state index in [4.69, 9.17) is 4.74 Å². The number of hydrogen-bond acceptors (Lipinski definition) is 4. The molecule has 112 valence electrons. The van der Waals surface area contributed by atoms with Crippen molar-refractivity contribution in [2.45, 2.75) is 71.1 Å². The second-order valence-corrected chi connectivity index (χ2v) is 7.28. The summed E-state index contributed by atoms with van der Waals surface area (Å²) in [4.78, 5) is 4.62. The van der Waals surface area contributed by atoms with Crippen LogP contribution < -0.4 is 5.32 Å². The van der Waals surface area contributed by atoms with Gasteiger partial charge in [0, 0.05) is 29.1 Å². The highest BCUT2D eigenvalue weighted by Crippen LogP contribution is 2.55. The molecular formula is C16H26N2OS. The van der Waals surface area contributed by atoms with Crippen LogP contribution in [0.3, 0.4) is 0 Å². The van der Waals surface area contributed by atoms with Crippen molar-refractivity contribution in [3.05, 3.63) is 16.1 Å². The maximum absolute atomic E-state index is 5.98. The predicted molar refractivity (Wildman–Crippen MR) is 83.1 cm³/mol. The van der Waals surface area contributed by atoms with Gasteiger partial charge in [-0.1, -0.05) is 12.8 Å². The van der Waals surface area contributed by atoms with Crippen molar-refractivity contribution in [1.82, 2.24) is 10.3 Å². The Balaban J connectivity index is 1.65. The van der Waals surface area contributed by atoms with Crippen molar-refractivity contribution in [3.63, 3.8) is 0 Å². The Morgan fingerprint density at radius 3 is 2.85 bits per heavy atom. The zero-order chi connectivity index (χ0) is 14.2. The Bertz CT molecular complexity index is 453. The van der Waals surface area contributed by atoms with Crippen LogP contribution in [-0.2, 0) is 4.74 Å². The Morgan fingerprint density at radius 1 is 1.50 bits per heavy atom. The number of thiazole rings is 1. The minimum atomic E-state index is 0.360. The quantitative estimate of drug-likeness (QED) is 0.896. The van der Waals surface area contributed by atoms with E-state index in [9.17, 15) is 0 Å². The monoisotopic (exact) mass is 294 g/mol. The third-order valence-corrected chi connectivity index (χ3v) is 6.29. The van der Waals surface area contributed by atoms with Gasteiger partial charge in [-0.05, 0) is 40.0 Å². The molecule has 1 aromatic rings. The first-order valence-electron chi connectivity index (χ1n) is 7.95. The van der Waals surface area contributed by atoms with Gasteiger partial charge in [-0.2, -0.15) is 0 Å². The van der Waals surface area contributed by atoms with Crippen LogP contribution in [-0.4, -0.2) is 23.7 Å². The molecule has 0 saturated heterocycles. The zero-order valence-electron chi connectivity index (χ0n) is 12.8. The summed E-state index contributed by atoms with van der Waals surface area (Å²) < 4.78 is 5.98. The van der Waals surface area contributed by atoms with Gasteiger partial charge in [-0.3, -0.25) is 0 Å². The number of aryl methyl sites for hydroxylation is 1. The minimum Gasteiger partial charge on any atom is -0.378 e. The van der Waals surface area contributed by atoms with Crippen molar-refractivity contribution < 1.29 is 4.74 Å². The smallest absolute Gasteiger partial charge is 0.110 e. The molecule has 1 N–H and O–H groups in total. The number of ether oxygens (including phenoxy) is 1. The van der Waals surface area contributed by atoms with Crippen LogP contribution in [0.25, 0.3) is 0 Å². The van der Waals surface area contributed by atoms with Crippen LogP contribution in [0.2, 0.25) is 0 Å². The average molecular weight is 294 g/mol. The molecule has 3 rings (SSSR count). The van der Waals surface area contributed by atoms with Gasteiger partial charge in [-0.25, -0.2) is 4.98 Å². The fourth-order valence-corrected chi connectivity index (χ4v) is 4.88. The van der Waals surface area contributed by atoms with Crippen molar-refractivity contribution >= 4 is 11.3 Å². The first kappa shape index (κ1) is 14.5. The molecule has 3 nitrogen and oxygen atoms in total. The maximum Gasteiger partial charge on any atom is 0.110 e.